The van der Waals surface area contributed by atoms with Crippen LogP contribution < -0.4 is 5.73 Å². The van der Waals surface area contributed by atoms with Crippen LogP contribution in [-0.2, 0) is 9.59 Å². The van der Waals surface area contributed by atoms with Crippen molar-refractivity contribution in [3.63, 3.8) is 0 Å². The zero-order valence-electron chi connectivity index (χ0n) is 8.27. The monoisotopic (exact) mass is 200 g/mol. The van der Waals surface area contributed by atoms with Crippen molar-refractivity contribution in [1.29, 1.82) is 0 Å². The maximum absolute atomic E-state index is 10.9. The second kappa shape index (κ2) is 4.41. The van der Waals surface area contributed by atoms with Gasteiger partial charge in [-0.25, -0.2) is 0 Å². The number of primary amides is 1. The highest BCUT2D eigenvalue weighted by molar-refractivity contribution is 5.78. The van der Waals surface area contributed by atoms with Crippen molar-refractivity contribution in [3.8, 4) is 0 Å². The van der Waals surface area contributed by atoms with Crippen molar-refractivity contribution >= 4 is 11.9 Å². The first-order chi connectivity index (χ1) is 6.56. The molecule has 80 valence electrons. The maximum Gasteiger partial charge on any atom is 0.320 e. The minimum Gasteiger partial charge on any atom is -0.480 e. The Morgan fingerprint density at radius 1 is 1.64 bits per heavy atom. The summed E-state index contributed by atoms with van der Waals surface area (Å²) in [7, 11) is 0. The Morgan fingerprint density at radius 2 is 2.29 bits per heavy atom. The lowest BCUT2D eigenvalue weighted by Gasteiger charge is -2.22. The number of rotatable bonds is 4. The Kier molecular flexibility index (Phi) is 3.46. The Balaban J connectivity index is 2.55. The van der Waals surface area contributed by atoms with Gasteiger partial charge in [-0.15, -0.1) is 0 Å². The average Bonchev–Trinajstić information content (AvgIpc) is 2.53. The summed E-state index contributed by atoms with van der Waals surface area (Å²) in [4.78, 5) is 23.5. The van der Waals surface area contributed by atoms with Crippen LogP contribution in [-0.4, -0.2) is 41.0 Å². The molecule has 1 rings (SSSR count). The van der Waals surface area contributed by atoms with E-state index in [1.807, 2.05) is 11.8 Å². The Hall–Kier alpha value is -1.10. The van der Waals surface area contributed by atoms with Gasteiger partial charge in [0, 0.05) is 6.54 Å². The number of likely N-dealkylation sites (tertiary alicyclic amines) is 1. The highest BCUT2D eigenvalue weighted by atomic mass is 16.4. The third kappa shape index (κ3) is 2.23. The molecule has 1 amide bonds. The highest BCUT2D eigenvalue weighted by Crippen LogP contribution is 2.19. The predicted octanol–water partition coefficient (Wildman–Crippen LogP) is -0.343. The highest BCUT2D eigenvalue weighted by Gasteiger charge is 2.33. The van der Waals surface area contributed by atoms with E-state index in [1.54, 1.807) is 0 Å². The van der Waals surface area contributed by atoms with E-state index in [0.29, 0.717) is 25.9 Å². The lowest BCUT2D eigenvalue weighted by atomic mass is 10.1. The lowest BCUT2D eigenvalue weighted by Crippen LogP contribution is -2.40. The third-order valence-corrected chi connectivity index (χ3v) is 2.73. The van der Waals surface area contributed by atoms with Gasteiger partial charge in [-0.2, -0.15) is 0 Å². The normalized spacial score (nSPS) is 24.8. The first-order valence-electron chi connectivity index (χ1n) is 4.82. The van der Waals surface area contributed by atoms with Crippen LogP contribution in [0.4, 0.5) is 0 Å². The zero-order chi connectivity index (χ0) is 10.7. The SMILES string of the molecule is CCC(C(=O)O)N1CCC(C(N)=O)C1. The predicted molar refractivity (Wildman–Crippen MR) is 50.6 cm³/mol. The van der Waals surface area contributed by atoms with Crippen molar-refractivity contribution < 1.29 is 14.7 Å². The number of hydrogen-bond acceptors (Lipinski definition) is 3. The molecule has 1 aliphatic heterocycles. The molecule has 0 spiro atoms. The molecule has 0 saturated carbocycles. The molecule has 0 aliphatic carbocycles. The fourth-order valence-corrected chi connectivity index (χ4v) is 1.89. The molecule has 0 aromatic heterocycles. The van der Waals surface area contributed by atoms with Crippen LogP contribution in [0, 0.1) is 5.92 Å². The fraction of sp³-hybridized carbons (Fsp3) is 0.778. The molecule has 1 fully saturated rings. The second-order valence-electron chi connectivity index (χ2n) is 3.65. The van der Waals surface area contributed by atoms with Gasteiger partial charge in [0.1, 0.15) is 6.04 Å². The van der Waals surface area contributed by atoms with Crippen LogP contribution in [0.5, 0.6) is 0 Å². The molecule has 1 heterocycles. The fourth-order valence-electron chi connectivity index (χ4n) is 1.89. The number of carbonyl (C=O) groups excluding carboxylic acids is 1. The molecule has 14 heavy (non-hydrogen) atoms. The number of nitrogens with zero attached hydrogens (tertiary/aromatic N) is 1. The van der Waals surface area contributed by atoms with E-state index in [-0.39, 0.29) is 11.8 Å². The van der Waals surface area contributed by atoms with Crippen molar-refractivity contribution in [2.75, 3.05) is 13.1 Å². The summed E-state index contributed by atoms with van der Waals surface area (Å²) in [5.41, 5.74) is 5.16. The molecule has 0 aromatic carbocycles. The molecule has 0 bridgehead atoms. The quantitative estimate of drug-likeness (QED) is 0.650. The summed E-state index contributed by atoms with van der Waals surface area (Å²) in [6.45, 7) is 2.97. The molecule has 5 heteroatoms. The van der Waals surface area contributed by atoms with E-state index in [9.17, 15) is 9.59 Å². The Morgan fingerprint density at radius 3 is 2.64 bits per heavy atom. The zero-order valence-corrected chi connectivity index (χ0v) is 8.27. The van der Waals surface area contributed by atoms with Gasteiger partial charge in [-0.1, -0.05) is 6.92 Å². The Bertz CT molecular complexity index is 242. The molecular weight excluding hydrogens is 184 g/mol. The third-order valence-electron chi connectivity index (χ3n) is 2.73. The first kappa shape index (κ1) is 11.0. The van der Waals surface area contributed by atoms with Gasteiger partial charge < -0.3 is 10.8 Å². The molecule has 1 aliphatic rings. The molecule has 1 saturated heterocycles. The number of carbonyl (C=O) groups is 2. The van der Waals surface area contributed by atoms with E-state index in [2.05, 4.69) is 0 Å². The summed E-state index contributed by atoms with van der Waals surface area (Å²) in [6, 6.07) is -0.473. The molecule has 0 aromatic rings. The van der Waals surface area contributed by atoms with E-state index >= 15 is 0 Å². The van der Waals surface area contributed by atoms with Crippen molar-refractivity contribution in [1.82, 2.24) is 4.90 Å². The van der Waals surface area contributed by atoms with E-state index in [0.717, 1.165) is 0 Å². The van der Waals surface area contributed by atoms with E-state index in [1.165, 1.54) is 0 Å². The molecule has 3 N–H and O–H groups in total. The standard InChI is InChI=1S/C9H16N2O3/c1-2-7(9(13)14)11-4-3-6(5-11)8(10)12/h6-7H,2-5H2,1H3,(H2,10,12)(H,13,14). The summed E-state index contributed by atoms with van der Waals surface area (Å²) in [5, 5.41) is 8.90. The molecule has 2 unspecified atom stereocenters. The van der Waals surface area contributed by atoms with Gasteiger partial charge in [0.05, 0.1) is 5.92 Å². The Labute approximate surface area is 82.9 Å². The lowest BCUT2D eigenvalue weighted by molar-refractivity contribution is -0.143. The largest absolute Gasteiger partial charge is 0.480 e. The molecule has 0 radical (unpaired) electrons. The smallest absolute Gasteiger partial charge is 0.320 e. The van der Waals surface area contributed by atoms with Crippen molar-refractivity contribution in [3.05, 3.63) is 0 Å². The average molecular weight is 200 g/mol. The molecular formula is C9H16N2O3. The van der Waals surface area contributed by atoms with Crippen LogP contribution >= 0.6 is 0 Å². The van der Waals surface area contributed by atoms with Gasteiger partial charge in [0.2, 0.25) is 5.91 Å². The van der Waals surface area contributed by atoms with Gasteiger partial charge in [0.25, 0.3) is 0 Å². The van der Waals surface area contributed by atoms with Crippen LogP contribution in [0.1, 0.15) is 19.8 Å². The van der Waals surface area contributed by atoms with Crippen molar-refractivity contribution in [2.45, 2.75) is 25.8 Å². The first-order valence-corrected chi connectivity index (χ1v) is 4.82. The van der Waals surface area contributed by atoms with Gasteiger partial charge in [0.15, 0.2) is 0 Å². The summed E-state index contributed by atoms with van der Waals surface area (Å²) in [6.07, 6.45) is 1.24. The van der Waals surface area contributed by atoms with Crippen LogP contribution in [0.15, 0.2) is 0 Å². The van der Waals surface area contributed by atoms with Crippen LogP contribution in [0.3, 0.4) is 0 Å². The number of aliphatic carboxylic acids is 1. The minimum absolute atomic E-state index is 0.177. The van der Waals surface area contributed by atoms with E-state index < -0.39 is 12.0 Å². The minimum atomic E-state index is -0.822. The topological polar surface area (TPSA) is 83.6 Å². The van der Waals surface area contributed by atoms with Crippen LogP contribution in [0.2, 0.25) is 0 Å². The number of carboxylic acids is 1. The summed E-state index contributed by atoms with van der Waals surface area (Å²) < 4.78 is 0. The number of carboxylic acid groups (broad SMARTS) is 1. The summed E-state index contributed by atoms with van der Waals surface area (Å²) in [5.74, 6) is -1.33. The van der Waals surface area contributed by atoms with Gasteiger partial charge in [-0.3, -0.25) is 14.5 Å². The number of amides is 1. The second-order valence-corrected chi connectivity index (χ2v) is 3.65. The molecule has 5 nitrogen and oxygen atoms in total. The van der Waals surface area contributed by atoms with Crippen molar-refractivity contribution in [2.24, 2.45) is 11.7 Å². The van der Waals surface area contributed by atoms with Gasteiger partial charge in [-0.05, 0) is 19.4 Å². The van der Waals surface area contributed by atoms with E-state index in [4.69, 9.17) is 10.8 Å². The van der Waals surface area contributed by atoms with Crippen LogP contribution in [0.25, 0.3) is 0 Å². The maximum atomic E-state index is 10.9. The number of hydrogen-bond donors (Lipinski definition) is 2. The molecule has 2 atom stereocenters. The number of nitrogens with two attached hydrogens (primary N) is 1. The van der Waals surface area contributed by atoms with Gasteiger partial charge >= 0.3 is 5.97 Å². The summed E-state index contributed by atoms with van der Waals surface area (Å²) >= 11 is 0.